The second-order valence-electron chi connectivity index (χ2n) is 8.01. The zero-order valence-electron chi connectivity index (χ0n) is 16.3. The van der Waals surface area contributed by atoms with Gasteiger partial charge in [0.1, 0.15) is 0 Å². The maximum Gasteiger partial charge on any atom is 0.189 e. The van der Waals surface area contributed by atoms with E-state index >= 15 is 0 Å². The highest BCUT2D eigenvalue weighted by atomic mass is 33.1. The van der Waals surface area contributed by atoms with Crippen molar-refractivity contribution in [2.75, 3.05) is 0 Å². The third-order valence-corrected chi connectivity index (χ3v) is 10.2. The van der Waals surface area contributed by atoms with E-state index in [1.165, 1.54) is 4.91 Å². The molecule has 140 valence electrons. The Labute approximate surface area is 172 Å². The lowest BCUT2D eigenvalue weighted by molar-refractivity contribution is 0.0874. The number of ketones is 2. The minimum absolute atomic E-state index is 0.0804. The van der Waals surface area contributed by atoms with E-state index in [1.54, 1.807) is 21.6 Å². The predicted molar refractivity (Wildman–Crippen MR) is 118 cm³/mol. The van der Waals surface area contributed by atoms with Gasteiger partial charge < -0.3 is 0 Å². The van der Waals surface area contributed by atoms with Crippen LogP contribution in [0.2, 0.25) is 0 Å². The molecule has 0 unspecified atom stereocenters. The normalized spacial score (nSPS) is 28.6. The Bertz CT molecular complexity index is 1160. The molecule has 1 aliphatic heterocycles. The van der Waals surface area contributed by atoms with Crippen molar-refractivity contribution in [3.63, 3.8) is 0 Å². The van der Waals surface area contributed by atoms with Crippen molar-refractivity contribution in [2.45, 2.75) is 32.4 Å². The lowest BCUT2D eigenvalue weighted by Crippen LogP contribution is -2.47. The van der Waals surface area contributed by atoms with Crippen molar-refractivity contribution in [3.05, 3.63) is 81.3 Å². The molecule has 0 N–H and O–H groups in total. The smallest absolute Gasteiger partial charge is 0.189 e. The van der Waals surface area contributed by atoms with Gasteiger partial charge in [-0.25, -0.2) is 0 Å². The van der Waals surface area contributed by atoms with Gasteiger partial charge in [-0.2, -0.15) is 0 Å². The molecular weight excluding hydrogens is 384 g/mol. The minimum Gasteiger partial charge on any atom is -0.293 e. The van der Waals surface area contributed by atoms with E-state index in [-0.39, 0.29) is 11.6 Å². The molecule has 4 heteroatoms. The van der Waals surface area contributed by atoms with Crippen LogP contribution in [0.15, 0.2) is 59.0 Å². The number of benzene rings is 2. The average Bonchev–Trinajstić information content (AvgIpc) is 3.10. The lowest BCUT2D eigenvalue weighted by atomic mass is 9.66. The fourth-order valence-electron chi connectivity index (χ4n) is 5.14. The summed E-state index contributed by atoms with van der Waals surface area (Å²) in [5.74, 6) is 0.238. The summed E-state index contributed by atoms with van der Waals surface area (Å²) in [6.07, 6.45) is 0. The van der Waals surface area contributed by atoms with E-state index in [1.807, 2.05) is 49.4 Å². The van der Waals surface area contributed by atoms with E-state index in [9.17, 15) is 9.59 Å². The SMILES string of the molecule is CC1=C2c3ccccc3C(=O)[C@]2(C)[C@](C)(C2=C(C)C(=O)c3ccccc32)SS1. The van der Waals surface area contributed by atoms with E-state index < -0.39 is 10.2 Å². The van der Waals surface area contributed by atoms with Crippen LogP contribution in [0.1, 0.15) is 59.5 Å². The summed E-state index contributed by atoms with van der Waals surface area (Å²) in [5, 5.41) is 0. The van der Waals surface area contributed by atoms with E-state index in [4.69, 9.17) is 0 Å². The van der Waals surface area contributed by atoms with Gasteiger partial charge in [-0.1, -0.05) is 70.1 Å². The molecular formula is C24H20O2S2. The molecule has 3 aliphatic rings. The van der Waals surface area contributed by atoms with Crippen molar-refractivity contribution < 1.29 is 9.59 Å². The van der Waals surface area contributed by atoms with Gasteiger partial charge in [0.05, 0.1) is 10.2 Å². The molecule has 1 heterocycles. The molecule has 2 aliphatic carbocycles. The number of allylic oxidation sites excluding steroid dienone is 3. The van der Waals surface area contributed by atoms with Crippen molar-refractivity contribution in [3.8, 4) is 0 Å². The number of hydrogen-bond donors (Lipinski definition) is 0. The fraction of sp³-hybridized carbons (Fsp3) is 0.250. The van der Waals surface area contributed by atoms with Crippen LogP contribution in [0, 0.1) is 5.41 Å². The molecule has 0 amide bonds. The summed E-state index contributed by atoms with van der Waals surface area (Å²) < 4.78 is -0.547. The van der Waals surface area contributed by atoms with Crippen LogP contribution in [-0.4, -0.2) is 16.3 Å². The number of fused-ring (bicyclic) bond motifs is 4. The average molecular weight is 405 g/mol. The Hall–Kier alpha value is -2.04. The van der Waals surface area contributed by atoms with Crippen molar-refractivity contribution in [2.24, 2.45) is 5.41 Å². The van der Waals surface area contributed by atoms with Crippen LogP contribution in [0.4, 0.5) is 0 Å². The third-order valence-electron chi connectivity index (χ3n) is 6.67. The quantitative estimate of drug-likeness (QED) is 0.512. The number of carbonyl (C=O) groups is 2. The first-order chi connectivity index (χ1) is 13.3. The second kappa shape index (κ2) is 5.74. The maximum absolute atomic E-state index is 13.8. The third kappa shape index (κ3) is 1.93. The molecule has 0 saturated carbocycles. The first-order valence-electron chi connectivity index (χ1n) is 9.39. The fourth-order valence-corrected chi connectivity index (χ4v) is 8.41. The maximum atomic E-state index is 13.8. The zero-order chi connectivity index (χ0) is 19.8. The van der Waals surface area contributed by atoms with E-state index in [0.29, 0.717) is 0 Å². The Morgan fingerprint density at radius 2 is 1.29 bits per heavy atom. The molecule has 2 atom stereocenters. The zero-order valence-corrected chi connectivity index (χ0v) is 17.9. The molecule has 0 aromatic heterocycles. The summed E-state index contributed by atoms with van der Waals surface area (Å²) in [4.78, 5) is 28.0. The second-order valence-corrected chi connectivity index (χ2v) is 10.8. The first-order valence-corrected chi connectivity index (χ1v) is 11.5. The Balaban J connectivity index is 1.82. The van der Waals surface area contributed by atoms with Gasteiger partial charge in [0.15, 0.2) is 11.6 Å². The van der Waals surface area contributed by atoms with Crippen LogP contribution >= 0.6 is 21.6 Å². The molecule has 2 nitrogen and oxygen atoms in total. The Morgan fingerprint density at radius 3 is 1.93 bits per heavy atom. The molecule has 2 aromatic rings. The summed E-state index contributed by atoms with van der Waals surface area (Å²) in [5.41, 5.74) is 5.75. The minimum atomic E-state index is -0.717. The van der Waals surface area contributed by atoms with Crippen molar-refractivity contribution >= 4 is 44.3 Å². The monoisotopic (exact) mass is 404 g/mol. The van der Waals surface area contributed by atoms with Gasteiger partial charge in [-0.3, -0.25) is 9.59 Å². The highest BCUT2D eigenvalue weighted by molar-refractivity contribution is 8.78. The van der Waals surface area contributed by atoms with Crippen LogP contribution in [0.25, 0.3) is 11.1 Å². The van der Waals surface area contributed by atoms with Crippen LogP contribution in [-0.2, 0) is 0 Å². The predicted octanol–water partition coefficient (Wildman–Crippen LogP) is 6.44. The number of rotatable bonds is 1. The summed E-state index contributed by atoms with van der Waals surface area (Å²) >= 11 is 0. The van der Waals surface area contributed by atoms with Crippen LogP contribution in [0.3, 0.4) is 0 Å². The first kappa shape index (κ1) is 18.0. The van der Waals surface area contributed by atoms with E-state index in [0.717, 1.165) is 39.0 Å². The molecule has 0 radical (unpaired) electrons. The van der Waals surface area contributed by atoms with Crippen LogP contribution < -0.4 is 0 Å². The summed E-state index contributed by atoms with van der Waals surface area (Å²) in [7, 11) is 3.45. The van der Waals surface area contributed by atoms with Gasteiger partial charge in [0, 0.05) is 16.7 Å². The Morgan fingerprint density at radius 1 is 0.750 bits per heavy atom. The molecule has 28 heavy (non-hydrogen) atoms. The molecule has 0 fully saturated rings. The molecule has 2 aromatic carbocycles. The van der Waals surface area contributed by atoms with Crippen LogP contribution in [0.5, 0.6) is 0 Å². The molecule has 0 saturated heterocycles. The van der Waals surface area contributed by atoms with Crippen molar-refractivity contribution in [1.29, 1.82) is 0 Å². The standard InChI is InChI=1S/C24H20O2S2/c1-13-19(15-9-5-7-11-17(15)21(13)25)24(4)23(3)20(14(2)27-28-24)16-10-6-8-12-18(16)22(23)26/h5-12H,1-4H3/t23-,24+/m1/s1. The highest BCUT2D eigenvalue weighted by Crippen LogP contribution is 2.70. The van der Waals surface area contributed by atoms with Crippen molar-refractivity contribution in [1.82, 2.24) is 0 Å². The van der Waals surface area contributed by atoms with Gasteiger partial charge in [0.25, 0.3) is 0 Å². The Kier molecular flexibility index (Phi) is 3.69. The van der Waals surface area contributed by atoms with Gasteiger partial charge >= 0.3 is 0 Å². The molecule has 0 bridgehead atoms. The lowest BCUT2D eigenvalue weighted by Gasteiger charge is -2.48. The largest absolute Gasteiger partial charge is 0.293 e. The topological polar surface area (TPSA) is 34.1 Å². The summed E-state index contributed by atoms with van der Waals surface area (Å²) in [6.45, 7) is 8.24. The summed E-state index contributed by atoms with van der Waals surface area (Å²) in [6, 6.07) is 15.7. The molecule has 5 rings (SSSR count). The highest BCUT2D eigenvalue weighted by Gasteiger charge is 2.63. The molecule has 0 spiro atoms. The van der Waals surface area contributed by atoms with Gasteiger partial charge in [0.2, 0.25) is 0 Å². The van der Waals surface area contributed by atoms with E-state index in [2.05, 4.69) is 26.8 Å². The van der Waals surface area contributed by atoms with Gasteiger partial charge in [-0.15, -0.1) is 0 Å². The number of Topliss-reactive ketones (excluding diaryl/α,β-unsaturated/α-hetero) is 2. The number of carbonyl (C=O) groups excluding carboxylic acids is 2. The van der Waals surface area contributed by atoms with Gasteiger partial charge in [-0.05, 0) is 54.9 Å². The number of hydrogen-bond acceptors (Lipinski definition) is 4.